The van der Waals surface area contributed by atoms with Crippen molar-refractivity contribution in [3.8, 4) is 0 Å². The van der Waals surface area contributed by atoms with Crippen molar-refractivity contribution in [1.29, 1.82) is 0 Å². The van der Waals surface area contributed by atoms with Crippen LogP contribution in [0.5, 0.6) is 0 Å². The van der Waals surface area contributed by atoms with E-state index in [0.29, 0.717) is 6.54 Å². The summed E-state index contributed by atoms with van der Waals surface area (Å²) < 4.78 is 5.60. The molecule has 1 N–H and O–H groups in total. The molecule has 1 heterocycles. The molecule has 0 saturated carbocycles. The predicted molar refractivity (Wildman–Crippen MR) is 80.7 cm³/mol. The number of fused-ring (bicyclic) bond motifs is 1. The monoisotopic (exact) mass is 303 g/mol. The molecule has 1 aromatic carbocycles. The fourth-order valence-corrected chi connectivity index (χ4v) is 3.26. The van der Waals surface area contributed by atoms with E-state index in [9.17, 15) is 9.59 Å². The van der Waals surface area contributed by atoms with Gasteiger partial charge in [0.25, 0.3) is 0 Å². The maximum atomic E-state index is 12.8. The van der Waals surface area contributed by atoms with Gasteiger partial charge in [-0.25, -0.2) is 0 Å². The minimum atomic E-state index is -0.876. The van der Waals surface area contributed by atoms with Crippen LogP contribution in [0.2, 0.25) is 0 Å². The van der Waals surface area contributed by atoms with E-state index in [2.05, 4.69) is 0 Å². The molecule has 0 bridgehead atoms. The number of carbonyl (C=O) groups is 2. The Morgan fingerprint density at radius 1 is 1.32 bits per heavy atom. The van der Waals surface area contributed by atoms with Crippen molar-refractivity contribution >= 4 is 11.9 Å². The minimum Gasteiger partial charge on any atom is -0.481 e. The van der Waals surface area contributed by atoms with Gasteiger partial charge in [0.15, 0.2) is 0 Å². The van der Waals surface area contributed by atoms with Crippen molar-refractivity contribution in [1.82, 2.24) is 4.90 Å². The third-order valence-corrected chi connectivity index (χ3v) is 4.51. The van der Waals surface area contributed by atoms with Crippen LogP contribution < -0.4 is 0 Å². The number of benzene rings is 1. The molecular formula is C17H21NO4. The lowest BCUT2D eigenvalue weighted by Gasteiger charge is -2.34. The quantitative estimate of drug-likeness (QED) is 0.870. The topological polar surface area (TPSA) is 66.8 Å². The van der Waals surface area contributed by atoms with Gasteiger partial charge in [-0.3, -0.25) is 9.59 Å². The van der Waals surface area contributed by atoms with Crippen LogP contribution in [0.25, 0.3) is 0 Å². The SMILES string of the molecule is O=C(O)CCN(CC1CCCO1)C(=O)C1Cc2ccccc21. The van der Waals surface area contributed by atoms with Crippen molar-refractivity contribution in [3.63, 3.8) is 0 Å². The summed E-state index contributed by atoms with van der Waals surface area (Å²) in [6.45, 7) is 1.50. The highest BCUT2D eigenvalue weighted by Crippen LogP contribution is 2.36. The highest BCUT2D eigenvalue weighted by atomic mass is 16.5. The summed E-state index contributed by atoms with van der Waals surface area (Å²) in [6, 6.07) is 7.96. The number of carboxylic acid groups (broad SMARTS) is 1. The molecule has 1 aromatic rings. The average Bonchev–Trinajstić information content (AvgIpc) is 2.97. The van der Waals surface area contributed by atoms with Crippen LogP contribution in [0, 0.1) is 0 Å². The number of ether oxygens (including phenoxy) is 1. The first-order valence-electron chi connectivity index (χ1n) is 7.85. The molecule has 118 valence electrons. The summed E-state index contributed by atoms with van der Waals surface area (Å²) in [5, 5.41) is 8.90. The Balaban J connectivity index is 1.67. The first kappa shape index (κ1) is 15.0. The van der Waals surface area contributed by atoms with Crippen molar-refractivity contribution in [2.75, 3.05) is 19.7 Å². The summed E-state index contributed by atoms with van der Waals surface area (Å²) >= 11 is 0. The van der Waals surface area contributed by atoms with Gasteiger partial charge in [-0.15, -0.1) is 0 Å². The van der Waals surface area contributed by atoms with Crippen LogP contribution in [-0.4, -0.2) is 47.7 Å². The fourth-order valence-electron chi connectivity index (χ4n) is 3.26. The molecule has 5 heteroatoms. The van der Waals surface area contributed by atoms with Crippen molar-refractivity contribution in [2.24, 2.45) is 0 Å². The maximum Gasteiger partial charge on any atom is 0.305 e. The van der Waals surface area contributed by atoms with Gasteiger partial charge in [0.1, 0.15) is 0 Å². The summed E-state index contributed by atoms with van der Waals surface area (Å²) in [7, 11) is 0. The Morgan fingerprint density at radius 2 is 2.14 bits per heavy atom. The number of aliphatic carboxylic acids is 1. The van der Waals surface area contributed by atoms with Crippen LogP contribution in [0.1, 0.15) is 36.3 Å². The largest absolute Gasteiger partial charge is 0.481 e. The van der Waals surface area contributed by atoms with Gasteiger partial charge in [0, 0.05) is 19.7 Å². The van der Waals surface area contributed by atoms with Gasteiger partial charge >= 0.3 is 5.97 Å². The van der Waals surface area contributed by atoms with Gasteiger partial charge in [-0.2, -0.15) is 0 Å². The molecule has 5 nitrogen and oxygen atoms in total. The van der Waals surface area contributed by atoms with Gasteiger partial charge in [0.2, 0.25) is 5.91 Å². The smallest absolute Gasteiger partial charge is 0.305 e. The number of hydrogen-bond acceptors (Lipinski definition) is 3. The second kappa shape index (κ2) is 6.48. The number of nitrogens with zero attached hydrogens (tertiary/aromatic N) is 1. The van der Waals surface area contributed by atoms with Crippen LogP contribution >= 0.6 is 0 Å². The van der Waals surface area contributed by atoms with E-state index in [1.165, 1.54) is 5.56 Å². The summed E-state index contributed by atoms with van der Waals surface area (Å²) in [5.74, 6) is -0.957. The van der Waals surface area contributed by atoms with Crippen LogP contribution in [0.15, 0.2) is 24.3 Å². The van der Waals surface area contributed by atoms with E-state index in [1.807, 2.05) is 24.3 Å². The van der Waals surface area contributed by atoms with E-state index >= 15 is 0 Å². The minimum absolute atomic E-state index is 0.0210. The molecule has 1 aliphatic carbocycles. The molecule has 0 radical (unpaired) electrons. The van der Waals surface area contributed by atoms with Crippen LogP contribution in [0.3, 0.4) is 0 Å². The van der Waals surface area contributed by atoms with Gasteiger partial charge in [0.05, 0.1) is 18.4 Å². The molecule has 22 heavy (non-hydrogen) atoms. The van der Waals surface area contributed by atoms with E-state index in [0.717, 1.165) is 31.4 Å². The number of amides is 1. The molecule has 2 aliphatic rings. The number of carboxylic acids is 1. The Hall–Kier alpha value is -1.88. The molecule has 2 atom stereocenters. The normalized spacial score (nSPS) is 22.7. The zero-order valence-corrected chi connectivity index (χ0v) is 12.5. The van der Waals surface area contributed by atoms with Crippen molar-refractivity contribution < 1.29 is 19.4 Å². The number of rotatable bonds is 6. The Labute approximate surface area is 129 Å². The fraction of sp³-hybridized carbons (Fsp3) is 0.529. The van der Waals surface area contributed by atoms with Crippen molar-refractivity contribution in [3.05, 3.63) is 35.4 Å². The first-order chi connectivity index (χ1) is 10.6. The maximum absolute atomic E-state index is 12.8. The van der Waals surface area contributed by atoms with Crippen LogP contribution in [-0.2, 0) is 20.7 Å². The van der Waals surface area contributed by atoms with Gasteiger partial charge in [-0.1, -0.05) is 24.3 Å². The summed E-state index contributed by atoms with van der Waals surface area (Å²) in [5.41, 5.74) is 2.30. The molecule has 1 amide bonds. The number of carbonyl (C=O) groups excluding carboxylic acids is 1. The lowest BCUT2D eigenvalue weighted by atomic mass is 9.77. The first-order valence-corrected chi connectivity index (χ1v) is 7.85. The van der Waals surface area contributed by atoms with Crippen molar-refractivity contribution in [2.45, 2.75) is 37.7 Å². The van der Waals surface area contributed by atoms with Gasteiger partial charge < -0.3 is 14.7 Å². The summed E-state index contributed by atoms with van der Waals surface area (Å²) in [6.07, 6.45) is 2.74. The lowest BCUT2D eigenvalue weighted by molar-refractivity contribution is -0.139. The molecule has 1 aliphatic heterocycles. The predicted octanol–water partition coefficient (Wildman–Crippen LogP) is 1.81. The molecule has 0 aromatic heterocycles. The zero-order chi connectivity index (χ0) is 15.5. The van der Waals surface area contributed by atoms with E-state index in [4.69, 9.17) is 9.84 Å². The van der Waals surface area contributed by atoms with E-state index < -0.39 is 5.97 Å². The molecule has 1 saturated heterocycles. The zero-order valence-electron chi connectivity index (χ0n) is 12.5. The molecule has 1 fully saturated rings. The second-order valence-electron chi connectivity index (χ2n) is 6.02. The van der Waals surface area contributed by atoms with E-state index in [-0.39, 0.29) is 30.9 Å². The molecule has 0 spiro atoms. The third-order valence-electron chi connectivity index (χ3n) is 4.51. The lowest BCUT2D eigenvalue weighted by Crippen LogP contribution is -2.44. The Morgan fingerprint density at radius 3 is 2.82 bits per heavy atom. The number of hydrogen-bond donors (Lipinski definition) is 1. The highest BCUT2D eigenvalue weighted by Gasteiger charge is 2.35. The standard InChI is InChI=1S/C17H21NO4/c19-16(20)7-8-18(11-13-5-3-9-22-13)17(21)15-10-12-4-1-2-6-14(12)15/h1-2,4,6,13,15H,3,5,7-11H2,(H,19,20). The molecule has 2 unspecified atom stereocenters. The van der Waals surface area contributed by atoms with Crippen LogP contribution in [0.4, 0.5) is 0 Å². The summed E-state index contributed by atoms with van der Waals surface area (Å²) in [4.78, 5) is 25.3. The second-order valence-corrected chi connectivity index (χ2v) is 6.02. The van der Waals surface area contributed by atoms with E-state index in [1.54, 1.807) is 4.90 Å². The highest BCUT2D eigenvalue weighted by molar-refractivity contribution is 5.87. The third kappa shape index (κ3) is 3.14. The Kier molecular flexibility index (Phi) is 4.43. The molecular weight excluding hydrogens is 282 g/mol. The Bertz CT molecular complexity index is 566. The molecule has 3 rings (SSSR count). The average molecular weight is 303 g/mol. The van der Waals surface area contributed by atoms with Gasteiger partial charge in [-0.05, 0) is 30.4 Å².